The van der Waals surface area contributed by atoms with Gasteiger partial charge in [-0.05, 0) is 12.1 Å². The van der Waals surface area contributed by atoms with Gasteiger partial charge in [-0.25, -0.2) is 9.98 Å². The molecule has 0 spiro atoms. The van der Waals surface area contributed by atoms with Crippen LogP contribution < -0.4 is 10.7 Å². The second-order valence-electron chi connectivity index (χ2n) is 1.99. The van der Waals surface area contributed by atoms with Crippen LogP contribution in [0.15, 0.2) is 23.3 Å². The molecule has 0 unspecified atom stereocenters. The van der Waals surface area contributed by atoms with Gasteiger partial charge in [0.1, 0.15) is 0 Å². The van der Waals surface area contributed by atoms with Crippen molar-refractivity contribution in [1.29, 1.82) is 0 Å². The average Bonchev–Trinajstić information content (AvgIpc) is 2.05. The van der Waals surface area contributed by atoms with Crippen molar-refractivity contribution in [1.82, 2.24) is 4.98 Å². The minimum absolute atomic E-state index is 0.393. The van der Waals surface area contributed by atoms with Gasteiger partial charge in [0, 0.05) is 6.20 Å². The van der Waals surface area contributed by atoms with E-state index in [9.17, 15) is 0 Å². The normalized spacial score (nSPS) is 14.0. The van der Waals surface area contributed by atoms with Crippen molar-refractivity contribution in [3.05, 3.63) is 29.0 Å². The highest BCUT2D eigenvalue weighted by atomic mass is 16.5. The number of ether oxygens (including phenoxy) is 1. The van der Waals surface area contributed by atoms with Crippen molar-refractivity contribution in [2.24, 2.45) is 4.99 Å². The summed E-state index contributed by atoms with van der Waals surface area (Å²) in [4.78, 5) is 8.07. The van der Waals surface area contributed by atoms with Crippen molar-refractivity contribution in [2.45, 2.75) is 0 Å². The maximum atomic E-state index is 4.96. The molecule has 0 amide bonds. The number of hydrogen-bond acceptors (Lipinski definition) is 3. The lowest BCUT2D eigenvalue weighted by molar-refractivity contribution is 0.294. The quantitative estimate of drug-likeness (QED) is 0.476. The average molecular weight is 134 g/mol. The first-order chi connectivity index (χ1) is 4.97. The number of nitrogens with zero attached hydrogens (tertiary/aromatic N) is 2. The zero-order valence-electron chi connectivity index (χ0n) is 5.32. The Morgan fingerprint density at radius 1 is 1.50 bits per heavy atom. The van der Waals surface area contributed by atoms with Gasteiger partial charge in [0.05, 0.1) is 11.5 Å². The molecular weight excluding hydrogens is 128 g/mol. The molecule has 1 aromatic rings. The summed E-state index contributed by atoms with van der Waals surface area (Å²) in [6, 6.07) is 3.78. The lowest BCUT2D eigenvalue weighted by Crippen LogP contribution is -2.31. The predicted molar refractivity (Wildman–Crippen MR) is 35.4 cm³/mol. The highest BCUT2D eigenvalue weighted by Gasteiger charge is 1.91. The van der Waals surface area contributed by atoms with Gasteiger partial charge < -0.3 is 4.74 Å². The number of rotatable bonds is 0. The molecule has 3 nitrogen and oxygen atoms in total. The minimum Gasteiger partial charge on any atom is -0.478 e. The number of aromatic nitrogens is 1. The molecule has 0 aromatic carbocycles. The number of pyridine rings is 1. The molecule has 0 aliphatic carbocycles. The molecule has 0 saturated carbocycles. The van der Waals surface area contributed by atoms with Gasteiger partial charge >= 0.3 is 0 Å². The standard InChI is InChI=1S/C7H6N2O/c1-2-6-4-10-5-9-7(6)8-3-1/h1-4H,5H2. The summed E-state index contributed by atoms with van der Waals surface area (Å²) in [5.74, 6) is 0. The van der Waals surface area contributed by atoms with E-state index >= 15 is 0 Å². The fourth-order valence-electron chi connectivity index (χ4n) is 0.859. The van der Waals surface area contributed by atoms with Crippen LogP contribution in [0.1, 0.15) is 0 Å². The number of fused-ring (bicyclic) bond motifs is 1. The molecule has 2 heterocycles. The fraction of sp³-hybridized carbons (Fsp3) is 0.143. The van der Waals surface area contributed by atoms with E-state index in [-0.39, 0.29) is 0 Å². The molecule has 50 valence electrons. The molecule has 0 N–H and O–H groups in total. The summed E-state index contributed by atoms with van der Waals surface area (Å²) >= 11 is 0. The Morgan fingerprint density at radius 2 is 2.50 bits per heavy atom. The van der Waals surface area contributed by atoms with Crippen LogP contribution >= 0.6 is 0 Å². The van der Waals surface area contributed by atoms with Crippen LogP contribution in [0, 0.1) is 0 Å². The maximum absolute atomic E-state index is 4.96. The van der Waals surface area contributed by atoms with Gasteiger partial charge in [0.2, 0.25) is 0 Å². The molecular formula is C7H6N2O. The van der Waals surface area contributed by atoms with Crippen molar-refractivity contribution in [3.8, 4) is 0 Å². The molecule has 0 fully saturated rings. The summed E-state index contributed by atoms with van der Waals surface area (Å²) < 4.78 is 4.96. The summed E-state index contributed by atoms with van der Waals surface area (Å²) in [5, 5.41) is 0.953. The lowest BCUT2D eigenvalue weighted by atomic mass is 10.4. The Kier molecular flexibility index (Phi) is 1.13. The molecule has 1 aliphatic heterocycles. The first-order valence-corrected chi connectivity index (χ1v) is 3.04. The molecule has 0 bridgehead atoms. The first kappa shape index (κ1) is 5.41. The Labute approximate surface area is 57.7 Å². The van der Waals surface area contributed by atoms with Crippen LogP contribution in [0.3, 0.4) is 0 Å². The van der Waals surface area contributed by atoms with Crippen molar-refractivity contribution < 1.29 is 4.74 Å². The van der Waals surface area contributed by atoms with Crippen LogP contribution in [0.5, 0.6) is 0 Å². The molecule has 1 aliphatic rings. The van der Waals surface area contributed by atoms with E-state index < -0.39 is 0 Å². The van der Waals surface area contributed by atoms with Crippen molar-refractivity contribution in [3.63, 3.8) is 0 Å². The van der Waals surface area contributed by atoms with E-state index in [4.69, 9.17) is 4.74 Å². The van der Waals surface area contributed by atoms with Gasteiger partial charge in [0.15, 0.2) is 12.2 Å². The molecule has 0 radical (unpaired) electrons. The van der Waals surface area contributed by atoms with Crippen LogP contribution in [0.25, 0.3) is 6.26 Å². The largest absolute Gasteiger partial charge is 0.478 e. The molecule has 0 atom stereocenters. The van der Waals surface area contributed by atoms with E-state index in [0.717, 1.165) is 10.7 Å². The summed E-state index contributed by atoms with van der Waals surface area (Å²) in [7, 11) is 0. The van der Waals surface area contributed by atoms with Crippen molar-refractivity contribution in [2.75, 3.05) is 6.73 Å². The lowest BCUT2D eigenvalue weighted by Gasteiger charge is -1.98. The first-order valence-electron chi connectivity index (χ1n) is 3.04. The Balaban J connectivity index is 2.84. The second-order valence-corrected chi connectivity index (χ2v) is 1.99. The van der Waals surface area contributed by atoms with E-state index in [2.05, 4.69) is 9.98 Å². The van der Waals surface area contributed by atoms with Crippen LogP contribution in [0.2, 0.25) is 0 Å². The third-order valence-corrected chi connectivity index (χ3v) is 1.32. The summed E-state index contributed by atoms with van der Waals surface area (Å²) in [5.41, 5.74) is 0.772. The molecule has 3 heteroatoms. The maximum Gasteiger partial charge on any atom is 0.180 e. The van der Waals surface area contributed by atoms with E-state index in [1.807, 2.05) is 12.1 Å². The van der Waals surface area contributed by atoms with Gasteiger partial charge in [0.25, 0.3) is 0 Å². The van der Waals surface area contributed by atoms with Crippen LogP contribution in [0.4, 0.5) is 0 Å². The Hall–Kier alpha value is -1.38. The smallest absolute Gasteiger partial charge is 0.180 e. The third-order valence-electron chi connectivity index (χ3n) is 1.32. The molecule has 1 aromatic heterocycles. The second kappa shape index (κ2) is 2.10. The van der Waals surface area contributed by atoms with E-state index in [0.29, 0.717) is 6.73 Å². The Morgan fingerprint density at radius 3 is 3.40 bits per heavy atom. The van der Waals surface area contributed by atoms with Crippen LogP contribution in [-0.4, -0.2) is 11.7 Å². The fourth-order valence-corrected chi connectivity index (χ4v) is 0.859. The molecule has 0 saturated heterocycles. The zero-order valence-corrected chi connectivity index (χ0v) is 5.32. The van der Waals surface area contributed by atoms with Gasteiger partial charge in [-0.3, -0.25) is 0 Å². The van der Waals surface area contributed by atoms with Gasteiger partial charge in [-0.2, -0.15) is 0 Å². The van der Waals surface area contributed by atoms with Gasteiger partial charge in [-0.15, -0.1) is 0 Å². The predicted octanol–water partition coefficient (Wildman–Crippen LogP) is -0.573. The minimum atomic E-state index is 0.393. The highest BCUT2D eigenvalue weighted by molar-refractivity contribution is 5.13. The number of hydrogen-bond donors (Lipinski definition) is 0. The molecule has 2 rings (SSSR count). The highest BCUT2D eigenvalue weighted by Crippen LogP contribution is 1.78. The zero-order chi connectivity index (χ0) is 6.81. The van der Waals surface area contributed by atoms with Gasteiger partial charge in [-0.1, -0.05) is 0 Å². The Bertz CT molecular complexity index is 310. The third kappa shape index (κ3) is 0.757. The summed E-state index contributed by atoms with van der Waals surface area (Å²) in [6.45, 7) is 0.393. The van der Waals surface area contributed by atoms with E-state index in [1.165, 1.54) is 0 Å². The molecule has 10 heavy (non-hydrogen) atoms. The topological polar surface area (TPSA) is 34.5 Å². The van der Waals surface area contributed by atoms with E-state index in [1.54, 1.807) is 12.5 Å². The SMILES string of the molecule is C1=c2cccnc2=NCO1. The monoisotopic (exact) mass is 134 g/mol. The summed E-state index contributed by atoms with van der Waals surface area (Å²) in [6.07, 6.45) is 3.40. The van der Waals surface area contributed by atoms with Crippen molar-refractivity contribution >= 4 is 6.26 Å². The van der Waals surface area contributed by atoms with Crippen LogP contribution in [-0.2, 0) is 4.74 Å².